The molecule has 0 aromatic rings. The molecule has 0 saturated carbocycles. The van der Waals surface area contributed by atoms with Crippen molar-refractivity contribution in [2.24, 2.45) is 0 Å². The van der Waals surface area contributed by atoms with Crippen molar-refractivity contribution in [3.63, 3.8) is 0 Å². The molecule has 0 atom stereocenters. The summed E-state index contributed by atoms with van der Waals surface area (Å²) >= 11 is 0. The number of urea groups is 1. The fourth-order valence-corrected chi connectivity index (χ4v) is 1.58. The van der Waals surface area contributed by atoms with E-state index in [0.717, 1.165) is 4.90 Å². The zero-order chi connectivity index (χ0) is 15.3. The van der Waals surface area contributed by atoms with Gasteiger partial charge in [0, 0.05) is 6.54 Å². The Kier molecular flexibility index (Phi) is 5.40. The van der Waals surface area contributed by atoms with Crippen LogP contribution >= 0.6 is 0 Å². The molecule has 0 radical (unpaired) electrons. The Hall–Kier alpha value is -1.74. The van der Waals surface area contributed by atoms with Crippen molar-refractivity contribution in [2.75, 3.05) is 40.3 Å². The molecule has 112 valence electrons. The lowest BCUT2D eigenvalue weighted by Gasteiger charge is -2.23. The number of ether oxygens (including phenoxy) is 1. The van der Waals surface area contributed by atoms with Gasteiger partial charge in [-0.3, -0.25) is 4.90 Å². The third kappa shape index (κ3) is 5.10. The van der Waals surface area contributed by atoms with Crippen molar-refractivity contribution in [1.29, 1.82) is 0 Å². The van der Waals surface area contributed by atoms with Crippen LogP contribution in [0.25, 0.3) is 0 Å². The molecule has 0 N–H and O–H groups in total. The van der Waals surface area contributed by atoms with Gasteiger partial charge in [0.2, 0.25) is 0 Å². The molecule has 0 spiro atoms. The van der Waals surface area contributed by atoms with E-state index in [9.17, 15) is 9.59 Å². The molecule has 0 unspecified atom stereocenters. The zero-order valence-electron chi connectivity index (χ0n) is 12.9. The maximum absolute atomic E-state index is 12.0. The van der Waals surface area contributed by atoms with Gasteiger partial charge in [-0.1, -0.05) is 11.8 Å². The Morgan fingerprint density at radius 3 is 2.50 bits per heavy atom. The van der Waals surface area contributed by atoms with Gasteiger partial charge in [-0.05, 0) is 34.9 Å². The molecule has 1 saturated heterocycles. The molecule has 6 heteroatoms. The van der Waals surface area contributed by atoms with E-state index in [2.05, 4.69) is 11.8 Å². The number of rotatable bonds is 2. The van der Waals surface area contributed by atoms with Crippen LogP contribution in [0.15, 0.2) is 0 Å². The van der Waals surface area contributed by atoms with Gasteiger partial charge in [0.25, 0.3) is 0 Å². The van der Waals surface area contributed by atoms with Gasteiger partial charge in [-0.25, -0.2) is 14.5 Å². The van der Waals surface area contributed by atoms with E-state index >= 15 is 0 Å². The number of carbonyl (C=O) groups excluding carboxylic acids is 2. The van der Waals surface area contributed by atoms with E-state index in [1.165, 1.54) is 0 Å². The highest BCUT2D eigenvalue weighted by atomic mass is 16.6. The first kappa shape index (κ1) is 16.3. The maximum Gasteiger partial charge on any atom is 0.418 e. The third-order valence-corrected chi connectivity index (χ3v) is 2.50. The standard InChI is InChI=1S/C14H23N3O3/c1-14(2,3)20-13(19)17-11-10-16(12(17)18)9-7-6-8-15(4)5/h8-11H2,1-5H3. The summed E-state index contributed by atoms with van der Waals surface area (Å²) in [5.74, 6) is 5.89. The Morgan fingerprint density at radius 2 is 1.95 bits per heavy atom. The van der Waals surface area contributed by atoms with E-state index in [1.54, 1.807) is 25.7 Å². The zero-order valence-corrected chi connectivity index (χ0v) is 12.9. The summed E-state index contributed by atoms with van der Waals surface area (Å²) in [5.41, 5.74) is -0.601. The highest BCUT2D eigenvalue weighted by molar-refractivity contribution is 5.92. The second kappa shape index (κ2) is 6.62. The number of carbonyl (C=O) groups is 2. The first-order valence-electron chi connectivity index (χ1n) is 6.60. The lowest BCUT2D eigenvalue weighted by atomic mass is 10.2. The van der Waals surface area contributed by atoms with E-state index in [0.29, 0.717) is 26.2 Å². The second-order valence-electron chi connectivity index (χ2n) is 5.93. The summed E-state index contributed by atoms with van der Waals surface area (Å²) in [4.78, 5) is 28.5. The smallest absolute Gasteiger partial charge is 0.418 e. The van der Waals surface area contributed by atoms with E-state index in [1.807, 2.05) is 19.0 Å². The highest BCUT2D eigenvalue weighted by Crippen LogP contribution is 2.14. The average Bonchev–Trinajstić information content (AvgIpc) is 2.64. The minimum atomic E-state index is -0.601. The van der Waals surface area contributed by atoms with Gasteiger partial charge < -0.3 is 9.64 Å². The summed E-state index contributed by atoms with van der Waals surface area (Å²) in [6.45, 7) is 7.16. The van der Waals surface area contributed by atoms with Crippen LogP contribution in [0.4, 0.5) is 9.59 Å². The Balaban J connectivity index is 2.50. The summed E-state index contributed by atoms with van der Waals surface area (Å²) in [5, 5.41) is 0. The van der Waals surface area contributed by atoms with Crippen LogP contribution in [0.2, 0.25) is 0 Å². The van der Waals surface area contributed by atoms with Crippen LogP contribution in [0, 0.1) is 11.8 Å². The molecule has 0 bridgehead atoms. The van der Waals surface area contributed by atoms with Gasteiger partial charge in [0.1, 0.15) is 5.60 Å². The van der Waals surface area contributed by atoms with Crippen LogP contribution in [0.1, 0.15) is 20.8 Å². The van der Waals surface area contributed by atoms with E-state index < -0.39 is 11.7 Å². The molecule has 0 aromatic carbocycles. The second-order valence-corrected chi connectivity index (χ2v) is 5.93. The largest absolute Gasteiger partial charge is 0.443 e. The Labute approximate surface area is 120 Å². The number of hydrogen-bond donors (Lipinski definition) is 0. The molecule has 1 aliphatic heterocycles. The summed E-state index contributed by atoms with van der Waals surface area (Å²) < 4.78 is 5.19. The van der Waals surface area contributed by atoms with Crippen LogP contribution < -0.4 is 0 Å². The summed E-state index contributed by atoms with van der Waals surface area (Å²) in [6, 6.07) is -0.335. The molecule has 20 heavy (non-hydrogen) atoms. The molecule has 0 aliphatic carbocycles. The fraction of sp³-hybridized carbons (Fsp3) is 0.714. The number of hydrogen-bond acceptors (Lipinski definition) is 4. The number of nitrogens with zero attached hydrogens (tertiary/aromatic N) is 3. The quantitative estimate of drug-likeness (QED) is 0.714. The first-order valence-corrected chi connectivity index (χ1v) is 6.60. The molecule has 1 heterocycles. The monoisotopic (exact) mass is 281 g/mol. The SMILES string of the molecule is CN(C)CC#CCN1CCN(C(=O)OC(C)(C)C)C1=O. The molecule has 1 fully saturated rings. The predicted molar refractivity (Wildman–Crippen MR) is 76.2 cm³/mol. The summed E-state index contributed by atoms with van der Waals surface area (Å²) in [7, 11) is 3.86. The number of imide groups is 1. The molecule has 6 nitrogen and oxygen atoms in total. The Morgan fingerprint density at radius 1 is 1.30 bits per heavy atom. The molecule has 1 aliphatic rings. The first-order chi connectivity index (χ1) is 9.20. The van der Waals surface area contributed by atoms with Crippen molar-refractivity contribution in [3.8, 4) is 11.8 Å². The van der Waals surface area contributed by atoms with Gasteiger partial charge in [-0.2, -0.15) is 0 Å². The predicted octanol–water partition coefficient (Wildman–Crippen LogP) is 1.22. The minimum absolute atomic E-state index is 0.335. The average molecular weight is 281 g/mol. The van der Waals surface area contributed by atoms with Crippen molar-refractivity contribution in [3.05, 3.63) is 0 Å². The lowest BCUT2D eigenvalue weighted by Crippen LogP contribution is -2.40. The van der Waals surface area contributed by atoms with Crippen molar-refractivity contribution >= 4 is 12.1 Å². The lowest BCUT2D eigenvalue weighted by molar-refractivity contribution is 0.0348. The normalized spacial score (nSPS) is 15.4. The van der Waals surface area contributed by atoms with Gasteiger partial charge in [0.15, 0.2) is 0 Å². The summed E-state index contributed by atoms with van der Waals surface area (Å²) in [6.07, 6.45) is -0.591. The topological polar surface area (TPSA) is 53.1 Å². The van der Waals surface area contributed by atoms with Crippen LogP contribution in [0.5, 0.6) is 0 Å². The molecular formula is C14H23N3O3. The fourth-order valence-electron chi connectivity index (χ4n) is 1.58. The van der Waals surface area contributed by atoms with Crippen molar-refractivity contribution in [2.45, 2.75) is 26.4 Å². The maximum atomic E-state index is 12.0. The van der Waals surface area contributed by atoms with Crippen molar-refractivity contribution in [1.82, 2.24) is 14.7 Å². The van der Waals surface area contributed by atoms with Crippen LogP contribution in [0.3, 0.4) is 0 Å². The van der Waals surface area contributed by atoms with E-state index in [-0.39, 0.29) is 6.03 Å². The van der Waals surface area contributed by atoms with Gasteiger partial charge in [0.05, 0.1) is 19.6 Å². The molecule has 3 amide bonds. The van der Waals surface area contributed by atoms with Crippen LogP contribution in [-0.4, -0.2) is 72.7 Å². The van der Waals surface area contributed by atoms with Gasteiger partial charge >= 0.3 is 12.1 Å². The molecule has 1 rings (SSSR count). The minimum Gasteiger partial charge on any atom is -0.443 e. The third-order valence-electron chi connectivity index (χ3n) is 2.50. The van der Waals surface area contributed by atoms with Crippen LogP contribution in [-0.2, 0) is 4.74 Å². The number of amides is 3. The Bertz CT molecular complexity index is 429. The molecular weight excluding hydrogens is 258 g/mol. The molecule has 0 aromatic heterocycles. The van der Waals surface area contributed by atoms with E-state index in [4.69, 9.17) is 4.74 Å². The van der Waals surface area contributed by atoms with Gasteiger partial charge in [-0.15, -0.1) is 0 Å². The van der Waals surface area contributed by atoms with Crippen molar-refractivity contribution < 1.29 is 14.3 Å². The highest BCUT2D eigenvalue weighted by Gasteiger charge is 2.35.